The van der Waals surface area contributed by atoms with Crippen LogP contribution in [0.15, 0.2) is 36.5 Å². The van der Waals surface area contributed by atoms with Crippen molar-refractivity contribution in [3.8, 4) is 11.5 Å². The molecule has 144 valence electrons. The van der Waals surface area contributed by atoms with E-state index < -0.39 is 0 Å². The predicted octanol–water partition coefficient (Wildman–Crippen LogP) is 4.25. The molecule has 2 aromatic rings. The molecular weight excluding hydrogens is 366 g/mol. The Morgan fingerprint density at radius 3 is 2.52 bits per heavy atom. The van der Waals surface area contributed by atoms with Crippen LogP contribution >= 0.6 is 11.6 Å². The fraction of sp³-hybridized carbons (Fsp3) is 0.300. The second-order valence-corrected chi connectivity index (χ2v) is 6.05. The largest absolute Gasteiger partial charge is 0.493 e. The first-order valence-corrected chi connectivity index (χ1v) is 9.01. The van der Waals surface area contributed by atoms with Crippen LogP contribution in [0.3, 0.4) is 0 Å². The molecule has 1 aromatic heterocycles. The Morgan fingerprint density at radius 1 is 1.22 bits per heavy atom. The number of carbonyl (C=O) groups is 1. The second kappa shape index (κ2) is 9.83. The van der Waals surface area contributed by atoms with Crippen LogP contribution in [-0.4, -0.2) is 38.2 Å². The Morgan fingerprint density at radius 2 is 1.96 bits per heavy atom. The summed E-state index contributed by atoms with van der Waals surface area (Å²) in [5.41, 5.74) is 1.36. The van der Waals surface area contributed by atoms with Crippen molar-refractivity contribution >= 4 is 35.1 Å². The number of rotatable bonds is 8. The summed E-state index contributed by atoms with van der Waals surface area (Å²) in [6.07, 6.45) is 4.73. The lowest BCUT2D eigenvalue weighted by Crippen LogP contribution is -2.22. The molecule has 1 aromatic carbocycles. The summed E-state index contributed by atoms with van der Waals surface area (Å²) in [7, 11) is 3.05. The number of nitrogens with zero attached hydrogens (tertiary/aromatic N) is 2. The fourth-order valence-electron chi connectivity index (χ4n) is 2.58. The average Bonchev–Trinajstić information content (AvgIpc) is 2.68. The minimum atomic E-state index is -0.265. The van der Waals surface area contributed by atoms with Gasteiger partial charge >= 0.3 is 0 Å². The summed E-state index contributed by atoms with van der Waals surface area (Å²) < 4.78 is 10.5. The van der Waals surface area contributed by atoms with Gasteiger partial charge in [-0.15, -0.1) is 0 Å². The van der Waals surface area contributed by atoms with Gasteiger partial charge in [-0.3, -0.25) is 4.79 Å². The van der Waals surface area contributed by atoms with Gasteiger partial charge < -0.3 is 19.7 Å². The van der Waals surface area contributed by atoms with Crippen molar-refractivity contribution in [2.24, 2.45) is 0 Å². The summed E-state index contributed by atoms with van der Waals surface area (Å²) in [6.45, 7) is 5.91. The third kappa shape index (κ3) is 5.37. The van der Waals surface area contributed by atoms with Gasteiger partial charge in [0.1, 0.15) is 5.82 Å². The lowest BCUT2D eigenvalue weighted by molar-refractivity contribution is -0.111. The first-order chi connectivity index (χ1) is 13.0. The van der Waals surface area contributed by atoms with Crippen LogP contribution in [0.1, 0.15) is 19.4 Å². The van der Waals surface area contributed by atoms with Crippen molar-refractivity contribution in [1.29, 1.82) is 0 Å². The molecular formula is C20H24ClN3O3. The zero-order chi connectivity index (χ0) is 19.8. The number of hydrogen-bond donors (Lipinski definition) is 1. The van der Waals surface area contributed by atoms with E-state index in [1.807, 2.05) is 12.1 Å². The first kappa shape index (κ1) is 20.6. The summed E-state index contributed by atoms with van der Waals surface area (Å²) in [5.74, 6) is 1.58. The molecule has 27 heavy (non-hydrogen) atoms. The number of nitrogens with one attached hydrogen (secondary N) is 1. The molecule has 1 N–H and O–H groups in total. The van der Waals surface area contributed by atoms with Crippen LogP contribution in [0.25, 0.3) is 6.08 Å². The fourth-order valence-corrected chi connectivity index (χ4v) is 2.88. The molecule has 0 aliphatic rings. The van der Waals surface area contributed by atoms with Gasteiger partial charge in [-0.25, -0.2) is 4.98 Å². The van der Waals surface area contributed by atoms with E-state index in [4.69, 9.17) is 21.1 Å². The van der Waals surface area contributed by atoms with Crippen LogP contribution in [0.5, 0.6) is 11.5 Å². The maximum atomic E-state index is 12.2. The summed E-state index contributed by atoms with van der Waals surface area (Å²) in [4.78, 5) is 18.7. The van der Waals surface area contributed by atoms with E-state index in [1.54, 1.807) is 24.4 Å². The second-order valence-electron chi connectivity index (χ2n) is 5.64. The molecule has 6 nitrogen and oxygen atoms in total. The Kier molecular flexibility index (Phi) is 7.49. The number of pyridine rings is 1. The molecule has 0 aliphatic heterocycles. The van der Waals surface area contributed by atoms with Crippen molar-refractivity contribution in [2.75, 3.05) is 37.5 Å². The van der Waals surface area contributed by atoms with Crippen LogP contribution in [0.2, 0.25) is 5.02 Å². The maximum absolute atomic E-state index is 12.2. The molecule has 0 atom stereocenters. The number of benzene rings is 1. The quantitative estimate of drug-likeness (QED) is 0.684. The highest BCUT2D eigenvalue weighted by Crippen LogP contribution is 2.36. The van der Waals surface area contributed by atoms with E-state index >= 15 is 0 Å². The highest BCUT2D eigenvalue weighted by atomic mass is 35.5. The third-order valence-electron chi connectivity index (χ3n) is 3.99. The zero-order valence-electron chi connectivity index (χ0n) is 16.0. The normalized spacial score (nSPS) is 10.7. The number of ether oxygens (including phenoxy) is 2. The molecule has 7 heteroatoms. The molecule has 1 heterocycles. The van der Waals surface area contributed by atoms with Crippen molar-refractivity contribution in [1.82, 2.24) is 4.98 Å². The molecule has 0 fully saturated rings. The summed E-state index contributed by atoms with van der Waals surface area (Å²) in [6, 6.07) is 7.17. The van der Waals surface area contributed by atoms with E-state index in [0.717, 1.165) is 24.5 Å². The maximum Gasteiger partial charge on any atom is 0.248 e. The summed E-state index contributed by atoms with van der Waals surface area (Å²) in [5, 5.41) is 3.19. The standard InChI is InChI=1S/C20H24ClN3O3/c1-5-24(6-2)18-9-8-15(13-22-18)23-19(25)10-7-14-11-16(21)20(27-4)17(12-14)26-3/h7-13H,5-6H2,1-4H3,(H,23,25)/b10-7+. The molecule has 0 spiro atoms. The van der Waals surface area contributed by atoms with Crippen molar-refractivity contribution < 1.29 is 14.3 Å². The van der Waals surface area contributed by atoms with Gasteiger partial charge in [0.25, 0.3) is 0 Å². The van der Waals surface area contributed by atoms with Gasteiger partial charge in [0.15, 0.2) is 11.5 Å². The lowest BCUT2D eigenvalue weighted by Gasteiger charge is -2.19. The molecule has 0 aliphatic carbocycles. The van der Waals surface area contributed by atoms with Gasteiger partial charge in [-0.05, 0) is 49.8 Å². The molecule has 1 amide bonds. The van der Waals surface area contributed by atoms with Crippen LogP contribution in [0.4, 0.5) is 11.5 Å². The average molecular weight is 390 g/mol. The number of carbonyl (C=O) groups excluding carboxylic acids is 1. The summed E-state index contributed by atoms with van der Waals surface area (Å²) >= 11 is 6.17. The van der Waals surface area contributed by atoms with Crippen LogP contribution in [0, 0.1) is 0 Å². The molecule has 0 saturated heterocycles. The molecule has 0 unspecified atom stereocenters. The van der Waals surface area contributed by atoms with Gasteiger partial charge in [0.05, 0.1) is 31.1 Å². The number of hydrogen-bond acceptors (Lipinski definition) is 5. The Bertz CT molecular complexity index is 803. The number of halogens is 1. The van der Waals surface area contributed by atoms with Gasteiger partial charge in [0, 0.05) is 19.2 Å². The first-order valence-electron chi connectivity index (χ1n) is 8.63. The van der Waals surface area contributed by atoms with E-state index in [-0.39, 0.29) is 5.91 Å². The van der Waals surface area contributed by atoms with E-state index in [1.165, 1.54) is 20.3 Å². The van der Waals surface area contributed by atoms with Crippen molar-refractivity contribution in [3.05, 3.63) is 47.1 Å². The minimum absolute atomic E-state index is 0.265. The van der Waals surface area contributed by atoms with E-state index in [2.05, 4.69) is 29.0 Å². The zero-order valence-corrected chi connectivity index (χ0v) is 16.7. The Hall–Kier alpha value is -2.73. The van der Waals surface area contributed by atoms with E-state index in [9.17, 15) is 4.79 Å². The SMILES string of the molecule is CCN(CC)c1ccc(NC(=O)/C=C/c2cc(Cl)c(OC)c(OC)c2)cn1. The highest BCUT2D eigenvalue weighted by Gasteiger charge is 2.10. The van der Waals surface area contributed by atoms with Crippen LogP contribution in [-0.2, 0) is 4.79 Å². The molecule has 0 saturated carbocycles. The number of anilines is 2. The van der Waals surface area contributed by atoms with Crippen LogP contribution < -0.4 is 19.7 Å². The number of amides is 1. The molecule has 0 radical (unpaired) electrons. The number of methoxy groups -OCH3 is 2. The predicted molar refractivity (Wildman–Crippen MR) is 110 cm³/mol. The van der Waals surface area contributed by atoms with E-state index in [0.29, 0.717) is 22.2 Å². The van der Waals surface area contributed by atoms with Gasteiger partial charge in [-0.2, -0.15) is 0 Å². The smallest absolute Gasteiger partial charge is 0.248 e. The van der Waals surface area contributed by atoms with Gasteiger partial charge in [-0.1, -0.05) is 11.6 Å². The minimum Gasteiger partial charge on any atom is -0.493 e. The highest BCUT2D eigenvalue weighted by molar-refractivity contribution is 6.32. The molecule has 0 bridgehead atoms. The molecule has 2 rings (SSSR count). The topological polar surface area (TPSA) is 63.7 Å². The lowest BCUT2D eigenvalue weighted by atomic mass is 10.2. The van der Waals surface area contributed by atoms with Gasteiger partial charge in [0.2, 0.25) is 5.91 Å². The Labute approximate surface area is 164 Å². The monoisotopic (exact) mass is 389 g/mol. The number of aromatic nitrogens is 1. The Balaban J connectivity index is 2.06. The van der Waals surface area contributed by atoms with Crippen molar-refractivity contribution in [2.45, 2.75) is 13.8 Å². The van der Waals surface area contributed by atoms with Crippen molar-refractivity contribution in [3.63, 3.8) is 0 Å². The third-order valence-corrected chi connectivity index (χ3v) is 4.27.